The molecule has 1 rings (SSSR count). The molecule has 2 N–H and O–H groups in total. The molecule has 1 amide bonds. The number of alkyl halides is 3. The highest BCUT2D eigenvalue weighted by Crippen LogP contribution is 2.37. The second kappa shape index (κ2) is 3.59. The van der Waals surface area contributed by atoms with Crippen molar-refractivity contribution < 1.29 is 33.0 Å². The summed E-state index contributed by atoms with van der Waals surface area (Å²) in [6.45, 7) is -1.43. The summed E-state index contributed by atoms with van der Waals surface area (Å²) in [5.74, 6) is -5.45. The Kier molecular flexibility index (Phi) is 2.78. The van der Waals surface area contributed by atoms with Crippen LogP contribution in [0.25, 0.3) is 0 Å². The fourth-order valence-electron chi connectivity index (χ4n) is 1.54. The van der Waals surface area contributed by atoms with Crippen molar-refractivity contribution in [3.05, 3.63) is 0 Å². The lowest BCUT2D eigenvalue weighted by atomic mass is 9.96. The lowest BCUT2D eigenvalue weighted by Crippen LogP contribution is -2.33. The van der Waals surface area contributed by atoms with Crippen molar-refractivity contribution in [1.82, 2.24) is 4.90 Å². The van der Waals surface area contributed by atoms with Gasteiger partial charge in [0.25, 0.3) is 0 Å². The molecular weight excluding hydrogens is 219 g/mol. The largest absolute Gasteiger partial charge is 0.481 e. The molecule has 0 aromatic carbocycles. The number of carbonyl (C=O) groups is 2. The maximum atomic E-state index is 12.3. The number of likely N-dealkylation sites (tertiary alicyclic amines) is 1. The fourth-order valence-corrected chi connectivity index (χ4v) is 1.54. The van der Waals surface area contributed by atoms with E-state index < -0.39 is 43.2 Å². The summed E-state index contributed by atoms with van der Waals surface area (Å²) in [7, 11) is 0. The van der Waals surface area contributed by atoms with E-state index in [0.717, 1.165) is 0 Å². The van der Waals surface area contributed by atoms with Crippen molar-refractivity contribution in [3.63, 3.8) is 0 Å². The SMILES string of the molecule is O=C(O)C1CN(C(=O)O)CC1C(F)(F)F. The normalized spacial score (nSPS) is 26.7. The molecule has 1 aliphatic rings. The Labute approximate surface area is 82.1 Å². The van der Waals surface area contributed by atoms with Crippen LogP contribution >= 0.6 is 0 Å². The van der Waals surface area contributed by atoms with E-state index in [-0.39, 0.29) is 0 Å². The molecule has 0 bridgehead atoms. The third-order valence-electron chi connectivity index (χ3n) is 2.33. The molecular formula is C7H8F3NO4. The molecule has 1 aliphatic heterocycles. The molecule has 1 saturated heterocycles. The van der Waals surface area contributed by atoms with Gasteiger partial charge in [0.05, 0.1) is 11.8 Å². The number of hydrogen-bond acceptors (Lipinski definition) is 2. The van der Waals surface area contributed by atoms with Crippen LogP contribution < -0.4 is 0 Å². The summed E-state index contributed by atoms with van der Waals surface area (Å²) < 4.78 is 37.0. The Bertz CT molecular complexity index is 290. The van der Waals surface area contributed by atoms with E-state index in [0.29, 0.717) is 4.90 Å². The molecule has 86 valence electrons. The average Bonchev–Trinajstić information content (AvgIpc) is 2.45. The maximum Gasteiger partial charge on any atom is 0.407 e. The summed E-state index contributed by atoms with van der Waals surface area (Å²) >= 11 is 0. The van der Waals surface area contributed by atoms with Crippen LogP contribution in [0.2, 0.25) is 0 Å². The van der Waals surface area contributed by atoms with E-state index in [4.69, 9.17) is 10.2 Å². The number of halogens is 3. The third-order valence-corrected chi connectivity index (χ3v) is 2.33. The van der Waals surface area contributed by atoms with Crippen LogP contribution in [-0.4, -0.2) is 46.4 Å². The molecule has 0 saturated carbocycles. The number of hydrogen-bond donors (Lipinski definition) is 2. The van der Waals surface area contributed by atoms with Crippen molar-refractivity contribution in [3.8, 4) is 0 Å². The molecule has 5 nitrogen and oxygen atoms in total. The van der Waals surface area contributed by atoms with Crippen LogP contribution in [0, 0.1) is 11.8 Å². The summed E-state index contributed by atoms with van der Waals surface area (Å²) in [5, 5.41) is 17.0. The van der Waals surface area contributed by atoms with Gasteiger partial charge < -0.3 is 15.1 Å². The predicted octanol–water partition coefficient (Wildman–Crippen LogP) is 0.859. The van der Waals surface area contributed by atoms with Gasteiger partial charge in [0.1, 0.15) is 0 Å². The van der Waals surface area contributed by atoms with Gasteiger partial charge in [-0.15, -0.1) is 0 Å². The zero-order valence-electron chi connectivity index (χ0n) is 7.36. The second-order valence-electron chi connectivity index (χ2n) is 3.28. The first-order valence-corrected chi connectivity index (χ1v) is 4.01. The number of carboxylic acid groups (broad SMARTS) is 2. The summed E-state index contributed by atoms with van der Waals surface area (Å²) in [6, 6.07) is 0. The molecule has 15 heavy (non-hydrogen) atoms. The number of aliphatic carboxylic acids is 1. The van der Waals surface area contributed by atoms with Crippen molar-refractivity contribution in [1.29, 1.82) is 0 Å². The van der Waals surface area contributed by atoms with Crippen molar-refractivity contribution in [2.75, 3.05) is 13.1 Å². The topological polar surface area (TPSA) is 77.8 Å². The van der Waals surface area contributed by atoms with Gasteiger partial charge in [-0.2, -0.15) is 13.2 Å². The Balaban J connectivity index is 2.86. The van der Waals surface area contributed by atoms with Crippen LogP contribution in [0.4, 0.5) is 18.0 Å². The lowest BCUT2D eigenvalue weighted by Gasteiger charge is -2.17. The highest BCUT2D eigenvalue weighted by atomic mass is 19.4. The van der Waals surface area contributed by atoms with Gasteiger partial charge in [0.2, 0.25) is 0 Å². The van der Waals surface area contributed by atoms with E-state index >= 15 is 0 Å². The highest BCUT2D eigenvalue weighted by molar-refractivity contribution is 5.74. The quantitative estimate of drug-likeness (QED) is 0.696. The fraction of sp³-hybridized carbons (Fsp3) is 0.714. The summed E-state index contributed by atoms with van der Waals surface area (Å²) in [5.41, 5.74) is 0. The van der Waals surface area contributed by atoms with Gasteiger partial charge >= 0.3 is 18.2 Å². The Morgan fingerprint density at radius 3 is 2.00 bits per heavy atom. The molecule has 0 aromatic rings. The molecule has 0 radical (unpaired) electrons. The first-order valence-electron chi connectivity index (χ1n) is 4.01. The molecule has 0 aromatic heterocycles. The van der Waals surface area contributed by atoms with Crippen LogP contribution in [0.1, 0.15) is 0 Å². The predicted molar refractivity (Wildman–Crippen MR) is 40.3 cm³/mol. The number of carboxylic acids is 1. The minimum Gasteiger partial charge on any atom is -0.481 e. The van der Waals surface area contributed by atoms with E-state index in [1.165, 1.54) is 0 Å². The van der Waals surface area contributed by atoms with Crippen molar-refractivity contribution >= 4 is 12.1 Å². The number of amides is 1. The summed E-state index contributed by atoms with van der Waals surface area (Å²) in [4.78, 5) is 21.4. The molecule has 2 atom stereocenters. The second-order valence-corrected chi connectivity index (χ2v) is 3.28. The first-order chi connectivity index (χ1) is 6.73. The van der Waals surface area contributed by atoms with E-state index in [9.17, 15) is 22.8 Å². The highest BCUT2D eigenvalue weighted by Gasteiger charge is 2.53. The van der Waals surface area contributed by atoms with Crippen LogP contribution in [-0.2, 0) is 4.79 Å². The Morgan fingerprint density at radius 2 is 1.73 bits per heavy atom. The lowest BCUT2D eigenvalue weighted by molar-refractivity contribution is -0.187. The molecule has 0 aliphatic carbocycles. The molecule has 1 heterocycles. The minimum atomic E-state index is -4.69. The number of nitrogens with zero attached hydrogens (tertiary/aromatic N) is 1. The molecule has 1 fully saturated rings. The standard InChI is InChI=1S/C7H8F3NO4/c8-7(9,10)4-2-11(6(14)15)1-3(4)5(12)13/h3-4H,1-2H2,(H,12,13)(H,14,15). The van der Waals surface area contributed by atoms with Crippen molar-refractivity contribution in [2.45, 2.75) is 6.18 Å². The third kappa shape index (κ3) is 2.31. The monoisotopic (exact) mass is 227 g/mol. The molecule has 0 spiro atoms. The van der Waals surface area contributed by atoms with Gasteiger partial charge in [-0.25, -0.2) is 4.79 Å². The van der Waals surface area contributed by atoms with Gasteiger partial charge in [-0.1, -0.05) is 0 Å². The molecule has 2 unspecified atom stereocenters. The van der Waals surface area contributed by atoms with Gasteiger partial charge in [-0.3, -0.25) is 4.79 Å². The zero-order valence-corrected chi connectivity index (χ0v) is 7.36. The van der Waals surface area contributed by atoms with E-state index in [1.807, 2.05) is 0 Å². The number of rotatable bonds is 1. The van der Waals surface area contributed by atoms with Gasteiger partial charge in [-0.05, 0) is 0 Å². The van der Waals surface area contributed by atoms with Gasteiger partial charge in [0.15, 0.2) is 0 Å². The van der Waals surface area contributed by atoms with E-state index in [1.54, 1.807) is 0 Å². The zero-order chi connectivity index (χ0) is 11.8. The first kappa shape index (κ1) is 11.6. The van der Waals surface area contributed by atoms with Crippen LogP contribution in [0.5, 0.6) is 0 Å². The van der Waals surface area contributed by atoms with Crippen LogP contribution in [0.15, 0.2) is 0 Å². The van der Waals surface area contributed by atoms with Crippen LogP contribution in [0.3, 0.4) is 0 Å². The Morgan fingerprint density at radius 1 is 1.20 bits per heavy atom. The van der Waals surface area contributed by atoms with Crippen molar-refractivity contribution in [2.24, 2.45) is 11.8 Å². The smallest absolute Gasteiger partial charge is 0.407 e. The van der Waals surface area contributed by atoms with E-state index in [2.05, 4.69) is 0 Å². The molecule has 8 heteroatoms. The minimum absolute atomic E-state index is 0.469. The maximum absolute atomic E-state index is 12.3. The average molecular weight is 227 g/mol. The van der Waals surface area contributed by atoms with Gasteiger partial charge in [0, 0.05) is 13.1 Å². The summed E-state index contributed by atoms with van der Waals surface area (Å²) in [6.07, 6.45) is -6.22. The Hall–Kier alpha value is -1.47.